The van der Waals surface area contributed by atoms with Crippen LogP contribution in [0.1, 0.15) is 12.1 Å². The molecule has 0 spiro atoms. The third kappa shape index (κ3) is 3.89. The van der Waals surface area contributed by atoms with E-state index in [9.17, 15) is 14.7 Å². The Kier molecular flexibility index (Phi) is 5.90. The Bertz CT molecular complexity index is 916. The summed E-state index contributed by atoms with van der Waals surface area (Å²) in [5.74, 6) is -0.825. The highest BCUT2D eigenvalue weighted by atomic mass is 32.2. The van der Waals surface area contributed by atoms with Crippen molar-refractivity contribution in [2.75, 3.05) is 12.0 Å². The molecule has 9 heteroatoms. The second kappa shape index (κ2) is 8.15. The number of amides is 1. The Morgan fingerprint density at radius 2 is 2.15 bits per heavy atom. The Morgan fingerprint density at radius 3 is 2.85 bits per heavy atom. The number of thiocarbonyl (C=S) groups is 1. The average molecular weight is 406 g/mol. The normalized spacial score (nSPS) is 17.3. The van der Waals surface area contributed by atoms with Gasteiger partial charge in [-0.3, -0.25) is 14.7 Å². The summed E-state index contributed by atoms with van der Waals surface area (Å²) in [5, 5.41) is 9.48. The third-order valence-corrected chi connectivity index (χ3v) is 5.74. The molecule has 1 N–H and O–H groups in total. The lowest BCUT2D eigenvalue weighted by Gasteiger charge is -2.22. The Labute approximate surface area is 164 Å². The van der Waals surface area contributed by atoms with Gasteiger partial charge in [-0.2, -0.15) is 11.8 Å². The molecule has 1 fully saturated rings. The van der Waals surface area contributed by atoms with Gasteiger partial charge in [0.1, 0.15) is 10.4 Å². The maximum Gasteiger partial charge on any atom is 0.326 e. The number of carbonyl (C=O) groups excluding carboxylic acids is 1. The molecule has 6 nitrogen and oxygen atoms in total. The van der Waals surface area contributed by atoms with Crippen LogP contribution in [0, 0.1) is 0 Å². The van der Waals surface area contributed by atoms with Crippen molar-refractivity contribution in [3.63, 3.8) is 0 Å². The van der Waals surface area contributed by atoms with Crippen LogP contribution in [0.4, 0.5) is 0 Å². The first-order valence-electron chi connectivity index (χ1n) is 7.72. The molecule has 1 atom stereocenters. The van der Waals surface area contributed by atoms with Crippen LogP contribution in [-0.4, -0.2) is 54.2 Å². The first-order chi connectivity index (χ1) is 12.5. The first-order valence-corrected chi connectivity index (χ1v) is 10.3. The Morgan fingerprint density at radius 1 is 1.42 bits per heavy atom. The molecule has 1 unspecified atom stereocenters. The molecule has 1 amide bonds. The van der Waals surface area contributed by atoms with E-state index in [1.54, 1.807) is 12.3 Å². The van der Waals surface area contributed by atoms with Crippen LogP contribution in [0.3, 0.4) is 0 Å². The molecule has 2 heterocycles. The van der Waals surface area contributed by atoms with E-state index in [2.05, 4.69) is 9.97 Å². The number of carbonyl (C=O) groups is 2. The molecule has 1 aromatic carbocycles. The number of aliphatic carboxylic acids is 1. The van der Waals surface area contributed by atoms with Crippen molar-refractivity contribution in [2.45, 2.75) is 12.5 Å². The van der Waals surface area contributed by atoms with Crippen LogP contribution in [0.25, 0.3) is 17.1 Å². The number of thioether (sulfide) groups is 2. The minimum atomic E-state index is -1.05. The highest BCUT2D eigenvalue weighted by Crippen LogP contribution is 2.34. The van der Waals surface area contributed by atoms with Crippen molar-refractivity contribution in [2.24, 2.45) is 0 Å². The highest BCUT2D eigenvalue weighted by molar-refractivity contribution is 8.26. The minimum Gasteiger partial charge on any atom is -0.480 e. The summed E-state index contributed by atoms with van der Waals surface area (Å²) in [4.78, 5) is 34.6. The van der Waals surface area contributed by atoms with Crippen molar-refractivity contribution >= 4 is 69.0 Å². The molecule has 134 valence electrons. The van der Waals surface area contributed by atoms with Crippen molar-refractivity contribution in [3.8, 4) is 0 Å². The summed E-state index contributed by atoms with van der Waals surface area (Å²) in [5.41, 5.74) is 2.01. The van der Waals surface area contributed by atoms with E-state index in [1.165, 1.54) is 16.7 Å². The van der Waals surface area contributed by atoms with Gasteiger partial charge >= 0.3 is 5.97 Å². The summed E-state index contributed by atoms with van der Waals surface area (Å²) >= 11 is 7.88. The molecule has 0 saturated carbocycles. The molecular formula is C17H15N3O3S3. The topological polar surface area (TPSA) is 83.4 Å². The van der Waals surface area contributed by atoms with E-state index in [4.69, 9.17) is 12.2 Å². The van der Waals surface area contributed by atoms with Gasteiger partial charge in [0.05, 0.1) is 27.8 Å². The number of benzene rings is 1. The van der Waals surface area contributed by atoms with Gasteiger partial charge in [-0.25, -0.2) is 9.78 Å². The fourth-order valence-corrected chi connectivity index (χ4v) is 4.32. The number of hydrogen-bond donors (Lipinski definition) is 1. The molecule has 1 aliphatic heterocycles. The van der Waals surface area contributed by atoms with Crippen molar-refractivity contribution < 1.29 is 14.7 Å². The smallest absolute Gasteiger partial charge is 0.326 e. The number of fused-ring (bicyclic) bond motifs is 1. The molecule has 1 aromatic heterocycles. The van der Waals surface area contributed by atoms with E-state index in [0.29, 0.717) is 22.8 Å². The lowest BCUT2D eigenvalue weighted by molar-refractivity contribution is -0.145. The molecule has 26 heavy (non-hydrogen) atoms. The minimum absolute atomic E-state index is 0.253. The van der Waals surface area contributed by atoms with Gasteiger partial charge in [-0.1, -0.05) is 36.1 Å². The molecule has 1 aliphatic rings. The van der Waals surface area contributed by atoms with Crippen LogP contribution < -0.4 is 0 Å². The number of carboxylic acids is 1. The highest BCUT2D eigenvalue weighted by Gasteiger charge is 2.40. The number of rotatable bonds is 6. The zero-order chi connectivity index (χ0) is 18.7. The lowest BCUT2D eigenvalue weighted by atomic mass is 10.2. The molecular weight excluding hydrogens is 390 g/mol. The predicted octanol–water partition coefficient (Wildman–Crippen LogP) is 3.04. The van der Waals surface area contributed by atoms with E-state index in [-0.39, 0.29) is 4.32 Å². The van der Waals surface area contributed by atoms with Gasteiger partial charge in [0.2, 0.25) is 0 Å². The van der Waals surface area contributed by atoms with Crippen molar-refractivity contribution in [3.05, 3.63) is 41.1 Å². The van der Waals surface area contributed by atoms with E-state index in [1.807, 2.05) is 30.5 Å². The molecule has 3 rings (SSSR count). The summed E-state index contributed by atoms with van der Waals surface area (Å²) in [6, 6.07) is 6.48. The first kappa shape index (κ1) is 18.8. The van der Waals surface area contributed by atoms with Gasteiger partial charge in [-0.05, 0) is 36.6 Å². The molecule has 0 bridgehead atoms. The lowest BCUT2D eigenvalue weighted by Crippen LogP contribution is -2.44. The van der Waals surface area contributed by atoms with Gasteiger partial charge in [0.25, 0.3) is 5.91 Å². The second-order valence-corrected chi connectivity index (χ2v) is 8.13. The molecule has 2 aromatic rings. The third-order valence-electron chi connectivity index (χ3n) is 3.76. The monoisotopic (exact) mass is 405 g/mol. The largest absolute Gasteiger partial charge is 0.480 e. The fraction of sp³-hybridized carbons (Fsp3) is 0.235. The number of nitrogens with zero attached hydrogens (tertiary/aromatic N) is 3. The second-order valence-electron chi connectivity index (χ2n) is 5.47. The fourth-order valence-electron chi connectivity index (χ4n) is 2.52. The predicted molar refractivity (Wildman–Crippen MR) is 109 cm³/mol. The van der Waals surface area contributed by atoms with Crippen LogP contribution in [0.5, 0.6) is 0 Å². The maximum absolute atomic E-state index is 12.7. The van der Waals surface area contributed by atoms with Crippen LogP contribution >= 0.6 is 35.7 Å². The SMILES string of the molecule is CSCCC(C(=O)O)N1C(=O)C(=Cc2cnc3ccccc3n2)SC1=S. The molecule has 0 radical (unpaired) electrons. The number of aromatic nitrogens is 2. The Hall–Kier alpha value is -1.97. The van der Waals surface area contributed by atoms with Gasteiger partial charge in [0, 0.05) is 0 Å². The number of carboxylic acid groups (broad SMARTS) is 1. The van der Waals surface area contributed by atoms with E-state index < -0.39 is 17.9 Å². The quantitative estimate of drug-likeness (QED) is 0.580. The summed E-state index contributed by atoms with van der Waals surface area (Å²) in [7, 11) is 0. The standard InChI is InChI=1S/C17H15N3O3S3/c1-25-7-6-13(16(22)23)20-15(21)14(26-17(20)24)8-10-9-18-11-4-2-3-5-12(11)19-10/h2-5,8-9,13H,6-7H2,1H3,(H,22,23). The average Bonchev–Trinajstić information content (AvgIpc) is 2.89. The summed E-state index contributed by atoms with van der Waals surface area (Å²) in [6.07, 6.45) is 5.41. The number of hydrogen-bond acceptors (Lipinski definition) is 7. The zero-order valence-corrected chi connectivity index (χ0v) is 16.2. The van der Waals surface area contributed by atoms with E-state index >= 15 is 0 Å². The van der Waals surface area contributed by atoms with Crippen LogP contribution in [0.15, 0.2) is 35.4 Å². The van der Waals surface area contributed by atoms with Gasteiger partial charge in [0.15, 0.2) is 0 Å². The van der Waals surface area contributed by atoms with Crippen molar-refractivity contribution in [1.29, 1.82) is 0 Å². The Balaban J connectivity index is 1.89. The van der Waals surface area contributed by atoms with E-state index in [0.717, 1.165) is 22.8 Å². The zero-order valence-electron chi connectivity index (χ0n) is 13.8. The summed E-state index contributed by atoms with van der Waals surface area (Å²) in [6.45, 7) is 0. The number of para-hydroxylation sites is 2. The van der Waals surface area contributed by atoms with Crippen LogP contribution in [-0.2, 0) is 9.59 Å². The van der Waals surface area contributed by atoms with Gasteiger partial charge in [-0.15, -0.1) is 0 Å². The van der Waals surface area contributed by atoms with Crippen LogP contribution in [0.2, 0.25) is 0 Å². The van der Waals surface area contributed by atoms with Gasteiger partial charge < -0.3 is 5.11 Å². The molecule has 0 aliphatic carbocycles. The van der Waals surface area contributed by atoms with Crippen molar-refractivity contribution in [1.82, 2.24) is 14.9 Å². The summed E-state index contributed by atoms with van der Waals surface area (Å²) < 4.78 is 0.253. The molecule has 1 saturated heterocycles. The maximum atomic E-state index is 12.7.